The minimum Gasteiger partial charge on any atom is -0.493 e. The third-order valence-electron chi connectivity index (χ3n) is 5.71. The monoisotopic (exact) mass is 486 g/mol. The van der Waals surface area contributed by atoms with Gasteiger partial charge in [0.05, 0.1) is 12.9 Å². The van der Waals surface area contributed by atoms with Gasteiger partial charge in [-0.25, -0.2) is 4.39 Å². The number of ether oxygens (including phenoxy) is 1. The molecule has 0 saturated carbocycles. The summed E-state index contributed by atoms with van der Waals surface area (Å²) in [7, 11) is 0. The van der Waals surface area contributed by atoms with Gasteiger partial charge >= 0.3 is 0 Å². The Morgan fingerprint density at radius 1 is 1.03 bits per heavy atom. The molecule has 0 aliphatic carbocycles. The molecule has 6 nitrogen and oxygen atoms in total. The van der Waals surface area contributed by atoms with Crippen molar-refractivity contribution in [1.82, 2.24) is 0 Å². The van der Waals surface area contributed by atoms with Crippen LogP contribution in [0.5, 0.6) is 5.75 Å². The van der Waals surface area contributed by atoms with Crippen LogP contribution in [-0.4, -0.2) is 18.4 Å². The van der Waals surface area contributed by atoms with E-state index in [1.54, 1.807) is 42.7 Å². The highest BCUT2D eigenvalue weighted by Crippen LogP contribution is 2.40. The molecule has 0 radical (unpaired) electrons. The van der Waals surface area contributed by atoms with E-state index in [4.69, 9.17) is 9.15 Å². The highest BCUT2D eigenvalue weighted by atomic mass is 19.1. The van der Waals surface area contributed by atoms with E-state index in [1.807, 2.05) is 26.8 Å². The molecule has 184 valence electrons. The lowest BCUT2D eigenvalue weighted by Gasteiger charge is -2.15. The van der Waals surface area contributed by atoms with Crippen LogP contribution in [0.3, 0.4) is 0 Å². The van der Waals surface area contributed by atoms with Gasteiger partial charge in [0.25, 0.3) is 0 Å². The van der Waals surface area contributed by atoms with Crippen molar-refractivity contribution in [3.63, 3.8) is 0 Å². The summed E-state index contributed by atoms with van der Waals surface area (Å²) >= 11 is 0. The molecule has 1 aromatic heterocycles. The molecule has 2 N–H and O–H groups in total. The number of nitrogens with one attached hydrogen (secondary N) is 2. The smallest absolute Gasteiger partial charge is 0.248 e. The SMILES string of the molecule is CCOc1c(/C(C)=C/C(=O)Nc2cccc(NC(C)=O)c2)cc2c(-c3ccc(F)cc3)coc2c1C. The average Bonchev–Trinajstić information content (AvgIpc) is 3.25. The Morgan fingerprint density at radius 3 is 2.39 bits per heavy atom. The molecule has 3 aromatic carbocycles. The Morgan fingerprint density at radius 2 is 1.72 bits per heavy atom. The number of aryl methyl sites for hydroxylation is 1. The van der Waals surface area contributed by atoms with E-state index >= 15 is 0 Å². The van der Waals surface area contributed by atoms with Gasteiger partial charge in [-0.15, -0.1) is 0 Å². The second-order valence-corrected chi connectivity index (χ2v) is 8.42. The molecule has 0 atom stereocenters. The molecule has 0 spiro atoms. The summed E-state index contributed by atoms with van der Waals surface area (Å²) in [5.74, 6) is -0.185. The van der Waals surface area contributed by atoms with E-state index in [1.165, 1.54) is 25.1 Å². The summed E-state index contributed by atoms with van der Waals surface area (Å²) in [4.78, 5) is 24.2. The maximum absolute atomic E-state index is 13.5. The van der Waals surface area contributed by atoms with Crippen LogP contribution in [0, 0.1) is 12.7 Å². The van der Waals surface area contributed by atoms with Crippen LogP contribution in [0.4, 0.5) is 15.8 Å². The maximum atomic E-state index is 13.5. The highest BCUT2D eigenvalue weighted by Gasteiger charge is 2.19. The summed E-state index contributed by atoms with van der Waals surface area (Å²) in [6, 6.07) is 15.1. The first-order chi connectivity index (χ1) is 17.3. The van der Waals surface area contributed by atoms with Crippen LogP contribution in [0.15, 0.2) is 71.4 Å². The minimum atomic E-state index is -0.321. The molecule has 0 saturated heterocycles. The van der Waals surface area contributed by atoms with Crippen LogP contribution in [0.25, 0.3) is 27.7 Å². The van der Waals surface area contributed by atoms with Crippen LogP contribution in [0.1, 0.15) is 31.9 Å². The number of fused-ring (bicyclic) bond motifs is 1. The molecule has 2 amide bonds. The Balaban J connectivity index is 1.71. The topological polar surface area (TPSA) is 80.6 Å². The molecule has 0 fully saturated rings. The van der Waals surface area contributed by atoms with Crippen molar-refractivity contribution in [2.24, 2.45) is 0 Å². The molecular weight excluding hydrogens is 459 g/mol. The van der Waals surface area contributed by atoms with E-state index in [0.29, 0.717) is 34.9 Å². The van der Waals surface area contributed by atoms with Gasteiger partial charge in [0.2, 0.25) is 11.8 Å². The zero-order chi connectivity index (χ0) is 25.8. The van der Waals surface area contributed by atoms with Gasteiger partial charge in [-0.2, -0.15) is 0 Å². The number of rotatable bonds is 7. The van der Waals surface area contributed by atoms with Gasteiger partial charge in [0, 0.05) is 46.5 Å². The zero-order valence-corrected chi connectivity index (χ0v) is 20.6. The normalized spacial score (nSPS) is 11.4. The van der Waals surface area contributed by atoms with E-state index in [2.05, 4.69) is 10.6 Å². The second-order valence-electron chi connectivity index (χ2n) is 8.42. The van der Waals surface area contributed by atoms with E-state index in [-0.39, 0.29) is 17.6 Å². The lowest BCUT2D eigenvalue weighted by molar-refractivity contribution is -0.114. The predicted octanol–water partition coefficient (Wildman–Crippen LogP) is 6.95. The van der Waals surface area contributed by atoms with Crippen molar-refractivity contribution in [3.05, 3.63) is 83.9 Å². The van der Waals surface area contributed by atoms with Gasteiger partial charge in [0.1, 0.15) is 17.1 Å². The van der Waals surface area contributed by atoms with Gasteiger partial charge < -0.3 is 19.8 Å². The summed E-state index contributed by atoms with van der Waals surface area (Å²) in [6.07, 6.45) is 3.16. The van der Waals surface area contributed by atoms with Crippen molar-refractivity contribution in [2.75, 3.05) is 17.2 Å². The van der Waals surface area contributed by atoms with Crippen molar-refractivity contribution in [1.29, 1.82) is 0 Å². The van der Waals surface area contributed by atoms with Gasteiger partial charge in [0.15, 0.2) is 0 Å². The van der Waals surface area contributed by atoms with Gasteiger partial charge in [-0.05, 0) is 68.3 Å². The number of furan rings is 1. The van der Waals surface area contributed by atoms with Gasteiger partial charge in [-0.1, -0.05) is 18.2 Å². The summed E-state index contributed by atoms with van der Waals surface area (Å²) < 4.78 is 25.3. The van der Waals surface area contributed by atoms with Crippen molar-refractivity contribution < 1.29 is 23.1 Å². The van der Waals surface area contributed by atoms with Crippen LogP contribution in [-0.2, 0) is 9.59 Å². The number of hydrogen-bond acceptors (Lipinski definition) is 4. The number of allylic oxidation sites excluding steroid dienone is 1. The largest absolute Gasteiger partial charge is 0.493 e. The highest BCUT2D eigenvalue weighted by molar-refractivity contribution is 6.06. The predicted molar refractivity (Wildman–Crippen MR) is 141 cm³/mol. The van der Waals surface area contributed by atoms with Crippen LogP contribution in [0.2, 0.25) is 0 Å². The molecule has 0 bridgehead atoms. The molecule has 0 aliphatic heterocycles. The fraction of sp³-hybridized carbons (Fsp3) is 0.172. The van der Waals surface area contributed by atoms with E-state index in [0.717, 1.165) is 27.6 Å². The molecule has 36 heavy (non-hydrogen) atoms. The zero-order valence-electron chi connectivity index (χ0n) is 20.6. The molecule has 0 unspecified atom stereocenters. The molecule has 4 aromatic rings. The first kappa shape index (κ1) is 24.7. The maximum Gasteiger partial charge on any atom is 0.248 e. The number of carbonyl (C=O) groups is 2. The average molecular weight is 487 g/mol. The van der Waals surface area contributed by atoms with Crippen molar-refractivity contribution >= 4 is 39.7 Å². The molecular formula is C29H27FN2O4. The second kappa shape index (κ2) is 10.5. The lowest BCUT2D eigenvalue weighted by Crippen LogP contribution is -2.10. The minimum absolute atomic E-state index is 0.192. The summed E-state index contributed by atoms with van der Waals surface area (Å²) in [6.45, 7) is 7.52. The molecule has 0 aliphatic rings. The van der Waals surface area contributed by atoms with E-state index < -0.39 is 0 Å². The first-order valence-corrected chi connectivity index (χ1v) is 11.6. The van der Waals surface area contributed by atoms with Crippen LogP contribution >= 0.6 is 0 Å². The number of carbonyl (C=O) groups excluding carboxylic acids is 2. The molecule has 1 heterocycles. The van der Waals surface area contributed by atoms with Gasteiger partial charge in [-0.3, -0.25) is 9.59 Å². The third-order valence-corrected chi connectivity index (χ3v) is 5.71. The van der Waals surface area contributed by atoms with Crippen LogP contribution < -0.4 is 15.4 Å². The Bertz CT molecular complexity index is 1470. The Labute approximate surface area is 208 Å². The molecule has 7 heteroatoms. The molecule has 4 rings (SSSR count). The number of amides is 2. The van der Waals surface area contributed by atoms with Crippen molar-refractivity contribution in [3.8, 4) is 16.9 Å². The van der Waals surface area contributed by atoms with E-state index in [9.17, 15) is 14.0 Å². The number of hydrogen-bond donors (Lipinski definition) is 2. The number of benzene rings is 3. The fourth-order valence-electron chi connectivity index (χ4n) is 4.12. The lowest BCUT2D eigenvalue weighted by atomic mass is 9.96. The standard InChI is InChI=1S/C29H27FN2O4/c1-5-35-28-18(3)29-25(26(16-36-29)20-9-11-21(30)12-10-20)15-24(28)17(2)13-27(34)32-23-8-6-7-22(14-23)31-19(4)33/h6-16H,5H2,1-4H3,(H,31,33)(H,32,34)/b17-13+. The third kappa shape index (κ3) is 5.30. The summed E-state index contributed by atoms with van der Waals surface area (Å²) in [5, 5.41) is 6.37. The fourth-order valence-corrected chi connectivity index (χ4v) is 4.12. The van der Waals surface area contributed by atoms with Crippen molar-refractivity contribution in [2.45, 2.75) is 27.7 Å². The summed E-state index contributed by atoms with van der Waals surface area (Å²) in [5.41, 5.74) is 5.74. The Kier molecular flexibility index (Phi) is 7.20. The number of anilines is 2. The number of halogens is 1. The quantitative estimate of drug-likeness (QED) is 0.277. The first-order valence-electron chi connectivity index (χ1n) is 11.6. The Hall–Kier alpha value is -4.39.